The van der Waals surface area contributed by atoms with E-state index in [0.29, 0.717) is 31.6 Å². The molecule has 1 aliphatic heterocycles. The molecule has 1 aliphatic rings. The quantitative estimate of drug-likeness (QED) is 0.761. The minimum Gasteiger partial charge on any atom is -0.399 e. The van der Waals surface area contributed by atoms with E-state index in [1.165, 1.54) is 12.1 Å². The average molecular weight is 266 g/mol. The van der Waals surface area contributed by atoms with E-state index in [1.807, 2.05) is 0 Å². The zero-order valence-electron chi connectivity index (χ0n) is 11.0. The molecule has 1 amide bonds. The third-order valence-electron chi connectivity index (χ3n) is 3.57. The molecule has 104 valence electrons. The van der Waals surface area contributed by atoms with Gasteiger partial charge in [-0.05, 0) is 44.4 Å². The van der Waals surface area contributed by atoms with Gasteiger partial charge in [0.2, 0.25) is 0 Å². The van der Waals surface area contributed by atoms with E-state index in [4.69, 9.17) is 5.73 Å². The van der Waals surface area contributed by atoms with Crippen LogP contribution in [0.1, 0.15) is 36.5 Å². The number of likely N-dealkylation sites (tertiary alicyclic amines) is 1. The molecule has 19 heavy (non-hydrogen) atoms. The topological polar surface area (TPSA) is 66.6 Å². The molecule has 1 saturated heterocycles. The number of anilines is 1. The summed E-state index contributed by atoms with van der Waals surface area (Å²) in [5, 5.41) is 9.99. The fourth-order valence-electron chi connectivity index (χ4n) is 2.34. The molecular formula is C14H19FN2O2. The van der Waals surface area contributed by atoms with Gasteiger partial charge in [0, 0.05) is 18.8 Å². The molecule has 0 radical (unpaired) electrons. The summed E-state index contributed by atoms with van der Waals surface area (Å²) >= 11 is 0. The van der Waals surface area contributed by atoms with E-state index in [-0.39, 0.29) is 11.5 Å². The number of nitrogens with zero attached hydrogens (tertiary/aromatic N) is 1. The van der Waals surface area contributed by atoms with Gasteiger partial charge in [0.1, 0.15) is 5.82 Å². The zero-order valence-corrected chi connectivity index (χ0v) is 11.0. The Balaban J connectivity index is 2.15. The average Bonchev–Trinajstić information content (AvgIpc) is 2.49. The highest BCUT2D eigenvalue weighted by molar-refractivity contribution is 5.94. The van der Waals surface area contributed by atoms with Crippen molar-refractivity contribution in [3.05, 3.63) is 29.6 Å². The molecule has 1 atom stereocenters. The van der Waals surface area contributed by atoms with Crippen molar-refractivity contribution in [3.63, 3.8) is 0 Å². The summed E-state index contributed by atoms with van der Waals surface area (Å²) < 4.78 is 13.7. The lowest BCUT2D eigenvalue weighted by atomic mass is 9.98. The van der Waals surface area contributed by atoms with Gasteiger partial charge >= 0.3 is 0 Å². The van der Waals surface area contributed by atoms with Gasteiger partial charge in [-0.1, -0.05) is 0 Å². The maximum atomic E-state index is 13.7. The molecular weight excluding hydrogens is 247 g/mol. The Labute approximate surface area is 112 Å². The summed E-state index contributed by atoms with van der Waals surface area (Å²) in [5.74, 6) is -0.934. The number of carbonyl (C=O) groups excluding carboxylic acids is 1. The van der Waals surface area contributed by atoms with Crippen LogP contribution in [0.3, 0.4) is 0 Å². The Hall–Kier alpha value is -1.62. The molecule has 1 aromatic rings. The Morgan fingerprint density at radius 2 is 2.16 bits per heavy atom. The molecule has 0 aliphatic carbocycles. The van der Waals surface area contributed by atoms with Crippen molar-refractivity contribution in [1.82, 2.24) is 4.90 Å². The predicted octanol–water partition coefficient (Wildman–Crippen LogP) is 1.79. The van der Waals surface area contributed by atoms with E-state index in [9.17, 15) is 14.3 Å². The predicted molar refractivity (Wildman–Crippen MR) is 71.2 cm³/mol. The highest BCUT2D eigenvalue weighted by Gasteiger charge is 2.28. The number of hydrogen-bond acceptors (Lipinski definition) is 3. The number of carbonyl (C=O) groups is 1. The second-order valence-electron chi connectivity index (χ2n) is 5.38. The van der Waals surface area contributed by atoms with Crippen LogP contribution in [0, 0.1) is 5.82 Å². The van der Waals surface area contributed by atoms with Gasteiger partial charge in [0.25, 0.3) is 5.91 Å². The van der Waals surface area contributed by atoms with Crippen LogP contribution >= 0.6 is 0 Å². The first-order valence-electron chi connectivity index (χ1n) is 6.46. The standard InChI is InChI=1S/C14H19FN2O2/c1-14(19)5-2-7-17(8-6-14)13(18)11-4-3-10(16)9-12(11)15/h3-4,9,19H,2,5-8,16H2,1H3. The smallest absolute Gasteiger partial charge is 0.256 e. The molecule has 0 aromatic heterocycles. The molecule has 0 saturated carbocycles. The molecule has 1 fully saturated rings. The maximum Gasteiger partial charge on any atom is 0.256 e. The number of aliphatic hydroxyl groups is 1. The zero-order chi connectivity index (χ0) is 14.0. The van der Waals surface area contributed by atoms with Crippen LogP contribution in [-0.4, -0.2) is 34.6 Å². The summed E-state index contributed by atoms with van der Waals surface area (Å²) in [6.07, 6.45) is 1.88. The second-order valence-corrected chi connectivity index (χ2v) is 5.38. The number of rotatable bonds is 1. The van der Waals surface area contributed by atoms with Crippen LogP contribution in [0.15, 0.2) is 18.2 Å². The fourth-order valence-corrected chi connectivity index (χ4v) is 2.34. The summed E-state index contributed by atoms with van der Waals surface area (Å²) in [5.41, 5.74) is 5.06. The highest BCUT2D eigenvalue weighted by Crippen LogP contribution is 2.23. The number of amides is 1. The van der Waals surface area contributed by atoms with Crippen LogP contribution in [-0.2, 0) is 0 Å². The molecule has 1 heterocycles. The number of nitrogens with two attached hydrogens (primary N) is 1. The monoisotopic (exact) mass is 266 g/mol. The summed E-state index contributed by atoms with van der Waals surface area (Å²) in [4.78, 5) is 13.9. The second kappa shape index (κ2) is 5.17. The number of nitrogen functional groups attached to an aromatic ring is 1. The van der Waals surface area contributed by atoms with Crippen molar-refractivity contribution in [2.45, 2.75) is 31.8 Å². The van der Waals surface area contributed by atoms with E-state index in [1.54, 1.807) is 11.8 Å². The maximum absolute atomic E-state index is 13.7. The molecule has 4 nitrogen and oxygen atoms in total. The Kier molecular flexibility index (Phi) is 3.75. The van der Waals surface area contributed by atoms with E-state index in [2.05, 4.69) is 0 Å². The van der Waals surface area contributed by atoms with Crippen molar-refractivity contribution in [2.75, 3.05) is 18.8 Å². The lowest BCUT2D eigenvalue weighted by Gasteiger charge is -2.22. The third kappa shape index (κ3) is 3.23. The van der Waals surface area contributed by atoms with Crippen molar-refractivity contribution in [1.29, 1.82) is 0 Å². The molecule has 1 unspecified atom stereocenters. The Bertz CT molecular complexity index is 488. The normalized spacial score (nSPS) is 24.1. The number of halogens is 1. The van der Waals surface area contributed by atoms with Crippen molar-refractivity contribution in [2.24, 2.45) is 0 Å². The summed E-state index contributed by atoms with van der Waals surface area (Å²) in [6.45, 7) is 2.75. The third-order valence-corrected chi connectivity index (χ3v) is 3.57. The molecule has 3 N–H and O–H groups in total. The van der Waals surface area contributed by atoms with Gasteiger partial charge in [0.15, 0.2) is 0 Å². The van der Waals surface area contributed by atoms with Crippen LogP contribution in [0.2, 0.25) is 0 Å². The molecule has 1 aromatic carbocycles. The number of benzene rings is 1. The van der Waals surface area contributed by atoms with Crippen LogP contribution in [0.5, 0.6) is 0 Å². The van der Waals surface area contributed by atoms with Crippen molar-refractivity contribution >= 4 is 11.6 Å². The van der Waals surface area contributed by atoms with Gasteiger partial charge in [0.05, 0.1) is 11.2 Å². The van der Waals surface area contributed by atoms with Crippen molar-refractivity contribution in [3.8, 4) is 0 Å². The Morgan fingerprint density at radius 1 is 1.42 bits per heavy atom. The van der Waals surface area contributed by atoms with Gasteiger partial charge < -0.3 is 15.7 Å². The minimum absolute atomic E-state index is 0.0377. The van der Waals surface area contributed by atoms with Gasteiger partial charge in [-0.2, -0.15) is 0 Å². The van der Waals surface area contributed by atoms with Crippen LogP contribution in [0.25, 0.3) is 0 Å². The van der Waals surface area contributed by atoms with Gasteiger partial charge in [-0.15, -0.1) is 0 Å². The Morgan fingerprint density at radius 3 is 2.84 bits per heavy atom. The van der Waals surface area contributed by atoms with Crippen molar-refractivity contribution < 1.29 is 14.3 Å². The first-order chi connectivity index (χ1) is 8.89. The van der Waals surface area contributed by atoms with Gasteiger partial charge in [-0.25, -0.2) is 4.39 Å². The largest absolute Gasteiger partial charge is 0.399 e. The van der Waals surface area contributed by atoms with E-state index < -0.39 is 11.4 Å². The van der Waals surface area contributed by atoms with E-state index in [0.717, 1.165) is 12.5 Å². The fraction of sp³-hybridized carbons (Fsp3) is 0.500. The van der Waals surface area contributed by atoms with Crippen LogP contribution in [0.4, 0.5) is 10.1 Å². The molecule has 0 bridgehead atoms. The highest BCUT2D eigenvalue weighted by atomic mass is 19.1. The lowest BCUT2D eigenvalue weighted by molar-refractivity contribution is 0.0437. The molecule has 5 heteroatoms. The van der Waals surface area contributed by atoms with E-state index >= 15 is 0 Å². The minimum atomic E-state index is -0.741. The summed E-state index contributed by atoms with van der Waals surface area (Å²) in [7, 11) is 0. The first-order valence-corrected chi connectivity index (χ1v) is 6.46. The van der Waals surface area contributed by atoms with Gasteiger partial charge in [-0.3, -0.25) is 4.79 Å². The first kappa shape index (κ1) is 13.8. The van der Waals surface area contributed by atoms with Crippen LogP contribution < -0.4 is 5.73 Å². The SMILES string of the molecule is CC1(O)CCCN(C(=O)c2ccc(N)cc2F)CC1. The molecule has 0 spiro atoms. The number of hydrogen-bond donors (Lipinski definition) is 2. The lowest BCUT2D eigenvalue weighted by Crippen LogP contribution is -2.34. The molecule has 2 rings (SSSR count). The summed E-state index contributed by atoms with van der Waals surface area (Å²) in [6, 6.07) is 4.08.